The van der Waals surface area contributed by atoms with Gasteiger partial charge in [-0.15, -0.1) is 0 Å². The fourth-order valence-electron chi connectivity index (χ4n) is 1.52. The minimum absolute atomic E-state index is 0.246. The highest BCUT2D eigenvalue weighted by Gasteiger charge is 2.20. The number of aromatic nitrogens is 2. The largest absolute Gasteiger partial charge is 0.388 e. The first kappa shape index (κ1) is 12.7. The average molecular weight is 225 g/mol. The summed E-state index contributed by atoms with van der Waals surface area (Å²) in [6.45, 7) is 3.96. The van der Waals surface area contributed by atoms with Crippen LogP contribution in [0.5, 0.6) is 0 Å². The van der Waals surface area contributed by atoms with Crippen LogP contribution in [0.4, 0.5) is 0 Å². The Bertz CT molecular complexity index is 358. The highest BCUT2D eigenvalue weighted by Crippen LogP contribution is 2.10. The second-order valence-electron chi connectivity index (χ2n) is 4.30. The summed E-state index contributed by atoms with van der Waals surface area (Å²) < 4.78 is 1.57. The number of aryl methyl sites for hydroxylation is 1. The van der Waals surface area contributed by atoms with Crippen molar-refractivity contribution in [1.29, 1.82) is 0 Å². The Hall–Kier alpha value is -1.36. The third kappa shape index (κ3) is 3.66. The predicted molar refractivity (Wildman–Crippen MR) is 61.1 cm³/mol. The van der Waals surface area contributed by atoms with Gasteiger partial charge in [0, 0.05) is 19.8 Å². The average Bonchev–Trinajstić information content (AvgIpc) is 2.61. The lowest BCUT2D eigenvalue weighted by Gasteiger charge is -2.22. The molecule has 0 radical (unpaired) electrons. The lowest BCUT2D eigenvalue weighted by Crippen LogP contribution is -2.40. The van der Waals surface area contributed by atoms with E-state index in [9.17, 15) is 9.90 Å². The maximum Gasteiger partial charge on any atom is 0.271 e. The molecule has 0 saturated heterocycles. The highest BCUT2D eigenvalue weighted by atomic mass is 16.3. The van der Waals surface area contributed by atoms with E-state index in [0.717, 1.165) is 6.42 Å². The van der Waals surface area contributed by atoms with Crippen molar-refractivity contribution >= 4 is 5.91 Å². The summed E-state index contributed by atoms with van der Waals surface area (Å²) in [4.78, 5) is 11.6. The molecule has 1 aromatic rings. The molecule has 5 heteroatoms. The lowest BCUT2D eigenvalue weighted by molar-refractivity contribution is 0.0468. The Morgan fingerprint density at radius 2 is 2.38 bits per heavy atom. The topological polar surface area (TPSA) is 67.2 Å². The number of hydrogen-bond acceptors (Lipinski definition) is 3. The van der Waals surface area contributed by atoms with E-state index in [1.165, 1.54) is 0 Å². The summed E-state index contributed by atoms with van der Waals surface area (Å²) in [5.74, 6) is -0.253. The number of carbonyl (C=O) groups excluding carboxylic acids is 1. The van der Waals surface area contributed by atoms with Gasteiger partial charge in [0.2, 0.25) is 0 Å². The Morgan fingerprint density at radius 1 is 1.69 bits per heavy atom. The second kappa shape index (κ2) is 5.12. The van der Waals surface area contributed by atoms with Gasteiger partial charge in [-0.2, -0.15) is 5.10 Å². The second-order valence-corrected chi connectivity index (χ2v) is 4.30. The van der Waals surface area contributed by atoms with E-state index in [1.54, 1.807) is 30.9 Å². The monoisotopic (exact) mass is 225 g/mol. The van der Waals surface area contributed by atoms with Crippen molar-refractivity contribution in [2.45, 2.75) is 32.3 Å². The summed E-state index contributed by atoms with van der Waals surface area (Å²) >= 11 is 0. The van der Waals surface area contributed by atoms with E-state index in [2.05, 4.69) is 10.4 Å². The standard InChI is InChI=1S/C11H19N3O2/c1-4-6-11(2,16)8-12-10(15)9-5-7-14(3)13-9/h5,7,16H,4,6,8H2,1-3H3,(H,12,15). The van der Waals surface area contributed by atoms with Gasteiger partial charge in [0.1, 0.15) is 5.69 Å². The van der Waals surface area contributed by atoms with Crippen molar-refractivity contribution in [1.82, 2.24) is 15.1 Å². The van der Waals surface area contributed by atoms with Crippen LogP contribution in [-0.2, 0) is 7.05 Å². The molecule has 90 valence electrons. The fourth-order valence-corrected chi connectivity index (χ4v) is 1.52. The zero-order chi connectivity index (χ0) is 12.2. The molecule has 2 N–H and O–H groups in total. The first-order valence-electron chi connectivity index (χ1n) is 5.45. The Balaban J connectivity index is 2.47. The Labute approximate surface area is 95.5 Å². The molecular weight excluding hydrogens is 206 g/mol. The van der Waals surface area contributed by atoms with Crippen LogP contribution in [0.2, 0.25) is 0 Å². The molecule has 1 rings (SSSR count). The molecule has 0 fully saturated rings. The highest BCUT2D eigenvalue weighted by molar-refractivity contribution is 5.92. The number of aliphatic hydroxyl groups is 1. The van der Waals surface area contributed by atoms with E-state index in [-0.39, 0.29) is 12.5 Å². The third-order valence-corrected chi connectivity index (χ3v) is 2.36. The van der Waals surface area contributed by atoms with Gasteiger partial charge in [-0.3, -0.25) is 9.48 Å². The van der Waals surface area contributed by atoms with Crippen molar-refractivity contribution in [2.75, 3.05) is 6.54 Å². The van der Waals surface area contributed by atoms with Gasteiger partial charge in [0.05, 0.1) is 5.60 Å². The number of carbonyl (C=O) groups is 1. The van der Waals surface area contributed by atoms with Crippen molar-refractivity contribution < 1.29 is 9.90 Å². The number of nitrogens with zero attached hydrogens (tertiary/aromatic N) is 2. The minimum Gasteiger partial charge on any atom is -0.388 e. The molecule has 0 aliphatic heterocycles. The molecule has 16 heavy (non-hydrogen) atoms. The quantitative estimate of drug-likeness (QED) is 0.775. The van der Waals surface area contributed by atoms with Crippen LogP contribution in [0, 0.1) is 0 Å². The normalized spacial score (nSPS) is 14.5. The summed E-state index contributed by atoms with van der Waals surface area (Å²) in [5.41, 5.74) is -0.478. The van der Waals surface area contributed by atoms with Gasteiger partial charge >= 0.3 is 0 Å². The molecule has 0 aliphatic rings. The Morgan fingerprint density at radius 3 is 2.88 bits per heavy atom. The van der Waals surface area contributed by atoms with Gasteiger partial charge in [0.15, 0.2) is 0 Å². The van der Waals surface area contributed by atoms with Gasteiger partial charge in [-0.25, -0.2) is 0 Å². The molecule has 0 spiro atoms. The van der Waals surface area contributed by atoms with E-state index in [0.29, 0.717) is 12.1 Å². The van der Waals surface area contributed by atoms with Gasteiger partial charge in [0.25, 0.3) is 5.91 Å². The summed E-state index contributed by atoms with van der Waals surface area (Å²) in [7, 11) is 1.75. The lowest BCUT2D eigenvalue weighted by atomic mass is 10.0. The molecule has 0 bridgehead atoms. The molecule has 1 atom stereocenters. The number of amides is 1. The smallest absolute Gasteiger partial charge is 0.271 e. The van der Waals surface area contributed by atoms with Crippen LogP contribution in [0.15, 0.2) is 12.3 Å². The van der Waals surface area contributed by atoms with Crippen LogP contribution in [0.1, 0.15) is 37.2 Å². The van der Waals surface area contributed by atoms with Gasteiger partial charge < -0.3 is 10.4 Å². The SMILES string of the molecule is CCCC(C)(O)CNC(=O)c1ccn(C)n1. The molecule has 1 aromatic heterocycles. The maximum atomic E-state index is 11.6. The fraction of sp³-hybridized carbons (Fsp3) is 0.636. The summed E-state index contributed by atoms with van der Waals surface area (Å²) in [6, 6.07) is 1.64. The summed E-state index contributed by atoms with van der Waals surface area (Å²) in [5, 5.41) is 16.5. The van der Waals surface area contributed by atoms with Crippen LogP contribution in [-0.4, -0.2) is 32.9 Å². The van der Waals surface area contributed by atoms with Crippen molar-refractivity contribution in [3.05, 3.63) is 18.0 Å². The number of rotatable bonds is 5. The van der Waals surface area contributed by atoms with Gasteiger partial charge in [-0.05, 0) is 19.4 Å². The maximum absolute atomic E-state index is 11.6. The molecule has 0 aliphatic carbocycles. The van der Waals surface area contributed by atoms with Crippen molar-refractivity contribution in [3.8, 4) is 0 Å². The first-order valence-corrected chi connectivity index (χ1v) is 5.45. The third-order valence-electron chi connectivity index (χ3n) is 2.36. The van der Waals surface area contributed by atoms with Gasteiger partial charge in [-0.1, -0.05) is 13.3 Å². The molecule has 1 amide bonds. The molecule has 1 unspecified atom stereocenters. The Kier molecular flexibility index (Phi) is 4.06. The van der Waals surface area contributed by atoms with E-state index in [4.69, 9.17) is 0 Å². The molecular formula is C11H19N3O2. The molecule has 1 heterocycles. The molecule has 0 saturated carbocycles. The molecule has 0 aromatic carbocycles. The van der Waals surface area contributed by atoms with Crippen LogP contribution in [0.3, 0.4) is 0 Å². The van der Waals surface area contributed by atoms with Crippen LogP contribution >= 0.6 is 0 Å². The predicted octanol–water partition coefficient (Wildman–Crippen LogP) is 0.701. The van der Waals surface area contributed by atoms with Crippen molar-refractivity contribution in [3.63, 3.8) is 0 Å². The number of hydrogen-bond donors (Lipinski definition) is 2. The van der Waals surface area contributed by atoms with Crippen molar-refractivity contribution in [2.24, 2.45) is 7.05 Å². The van der Waals surface area contributed by atoms with E-state index < -0.39 is 5.60 Å². The van der Waals surface area contributed by atoms with Crippen LogP contribution in [0.25, 0.3) is 0 Å². The zero-order valence-corrected chi connectivity index (χ0v) is 10.0. The van der Waals surface area contributed by atoms with E-state index >= 15 is 0 Å². The van der Waals surface area contributed by atoms with E-state index in [1.807, 2.05) is 6.92 Å². The first-order chi connectivity index (χ1) is 7.44. The van der Waals surface area contributed by atoms with Crippen LogP contribution < -0.4 is 5.32 Å². The zero-order valence-electron chi connectivity index (χ0n) is 10.0. The number of nitrogens with one attached hydrogen (secondary N) is 1. The molecule has 5 nitrogen and oxygen atoms in total. The summed E-state index contributed by atoms with van der Waals surface area (Å²) in [6.07, 6.45) is 3.25. The minimum atomic E-state index is -0.848.